The second-order valence-electron chi connectivity index (χ2n) is 0.175. The maximum absolute atomic E-state index is 3.23. The number of hydrogen-bond acceptors (Lipinski definition) is 0. The van der Waals surface area contributed by atoms with E-state index in [1.54, 1.807) is 0 Å². The number of rotatable bonds is 0. The Morgan fingerprint density at radius 2 is 1.00 bits per heavy atom. The Labute approximate surface area is 50.3 Å². The zero-order valence-electron chi connectivity index (χ0n) is 1.54. The van der Waals surface area contributed by atoms with Gasteiger partial charge in [0.1, 0.15) is 0 Å². The third-order valence-corrected chi connectivity index (χ3v) is 0. The van der Waals surface area contributed by atoms with Crippen LogP contribution < -0.4 is 0 Å². The standard InChI is InChI=1S/Br3Se/c1-4(2)3/q+1. The molecule has 0 unspecified atom stereocenters. The molecule has 0 heterocycles. The minimum atomic E-state index is -0.604. The molecular formula is Br3Se+. The Morgan fingerprint density at radius 1 is 1.00 bits per heavy atom. The van der Waals surface area contributed by atoms with Crippen LogP contribution in [-0.4, -0.2) is 8.48 Å². The summed E-state index contributed by atoms with van der Waals surface area (Å²) >= 11 is 9.69. The van der Waals surface area contributed by atoms with E-state index >= 15 is 0 Å². The van der Waals surface area contributed by atoms with Crippen LogP contribution in [0.4, 0.5) is 0 Å². The molecule has 0 nitrogen and oxygen atoms in total. The van der Waals surface area contributed by atoms with Gasteiger partial charge in [0.2, 0.25) is 0 Å². The SMILES string of the molecule is Br[Se+](Br)Br. The van der Waals surface area contributed by atoms with E-state index in [1.807, 2.05) is 0 Å². The van der Waals surface area contributed by atoms with Gasteiger partial charge in [0.05, 0.1) is 0 Å². The Hall–Kier alpha value is 1.96. The molecule has 0 saturated carbocycles. The molecule has 0 spiro atoms. The molecule has 0 aromatic carbocycles. The molecule has 0 aromatic rings. The predicted octanol–water partition coefficient (Wildman–Crippen LogP) is 2.16. The van der Waals surface area contributed by atoms with Gasteiger partial charge in [0.25, 0.3) is 0 Å². The van der Waals surface area contributed by atoms with Gasteiger partial charge >= 0.3 is 50.8 Å². The first-order valence-electron chi connectivity index (χ1n) is 0.463. The zero-order chi connectivity index (χ0) is 3.58. The van der Waals surface area contributed by atoms with Crippen molar-refractivity contribution in [1.29, 1.82) is 0 Å². The van der Waals surface area contributed by atoms with E-state index in [9.17, 15) is 0 Å². The third-order valence-electron chi connectivity index (χ3n) is 0. The minimum absolute atomic E-state index is 0.604. The van der Waals surface area contributed by atoms with Crippen LogP contribution in [0.3, 0.4) is 0 Å². The normalized spacial score (nSPS) is 9.00. The average Bonchev–Trinajstić information content (AvgIpc) is 0.811. The molecule has 0 fully saturated rings. The van der Waals surface area contributed by atoms with E-state index in [0.717, 1.165) is 0 Å². The van der Waals surface area contributed by atoms with E-state index in [4.69, 9.17) is 0 Å². The van der Waals surface area contributed by atoms with Gasteiger partial charge in [-0.3, -0.25) is 0 Å². The van der Waals surface area contributed by atoms with Gasteiger partial charge in [-0.05, 0) is 0 Å². The Kier molecular flexibility index (Phi) is 4.71. The van der Waals surface area contributed by atoms with Gasteiger partial charge in [-0.15, -0.1) is 0 Å². The van der Waals surface area contributed by atoms with E-state index in [0.29, 0.717) is 0 Å². The summed E-state index contributed by atoms with van der Waals surface area (Å²) in [4.78, 5) is 0. The molecular weight excluding hydrogens is 319 g/mol. The van der Waals surface area contributed by atoms with Gasteiger partial charge in [-0.2, -0.15) is 0 Å². The van der Waals surface area contributed by atoms with Crippen LogP contribution in [0.1, 0.15) is 0 Å². The van der Waals surface area contributed by atoms with Crippen molar-refractivity contribution in [2.45, 2.75) is 0 Å². The van der Waals surface area contributed by atoms with Crippen molar-refractivity contribution in [1.82, 2.24) is 0 Å². The number of halogens is 3. The van der Waals surface area contributed by atoms with Gasteiger partial charge in [-0.1, -0.05) is 0 Å². The first-order valence-corrected chi connectivity index (χ1v) is 12.5. The van der Waals surface area contributed by atoms with Crippen LogP contribution in [0.25, 0.3) is 0 Å². The molecule has 0 radical (unpaired) electrons. The van der Waals surface area contributed by atoms with Gasteiger partial charge in [0, 0.05) is 0 Å². The first-order chi connectivity index (χ1) is 1.73. The van der Waals surface area contributed by atoms with Crippen molar-refractivity contribution in [2.75, 3.05) is 0 Å². The fraction of sp³-hybridized carbons (Fsp3) is 0. The molecule has 0 aliphatic heterocycles. The van der Waals surface area contributed by atoms with E-state index in [1.165, 1.54) is 0 Å². The zero-order valence-corrected chi connectivity index (χ0v) is 8.01. The summed E-state index contributed by atoms with van der Waals surface area (Å²) in [6.45, 7) is 0. The van der Waals surface area contributed by atoms with E-state index < -0.39 is 8.48 Å². The molecule has 0 atom stereocenters. The van der Waals surface area contributed by atoms with Crippen LogP contribution >= 0.6 is 42.3 Å². The summed E-state index contributed by atoms with van der Waals surface area (Å²) in [5.41, 5.74) is 0. The summed E-state index contributed by atoms with van der Waals surface area (Å²) in [5, 5.41) is 0. The predicted molar refractivity (Wildman–Crippen MR) is 32.5 cm³/mol. The molecule has 0 N–H and O–H groups in total. The molecule has 0 rings (SSSR count). The summed E-state index contributed by atoms with van der Waals surface area (Å²) in [6, 6.07) is 0. The van der Waals surface area contributed by atoms with Crippen molar-refractivity contribution in [3.8, 4) is 0 Å². The molecule has 0 aliphatic rings. The van der Waals surface area contributed by atoms with E-state index in [-0.39, 0.29) is 0 Å². The van der Waals surface area contributed by atoms with Crippen LogP contribution in [0.2, 0.25) is 0 Å². The summed E-state index contributed by atoms with van der Waals surface area (Å²) < 4.78 is 0. The fourth-order valence-corrected chi connectivity index (χ4v) is 0. The average molecular weight is 319 g/mol. The molecule has 0 saturated heterocycles. The molecule has 0 aromatic heterocycles. The second kappa shape index (κ2) is 3.16. The molecule has 4 heavy (non-hydrogen) atoms. The Bertz CT molecular complexity index is 8.00. The molecule has 0 bridgehead atoms. The van der Waals surface area contributed by atoms with Crippen molar-refractivity contribution < 1.29 is 0 Å². The van der Waals surface area contributed by atoms with Crippen LogP contribution in [0.15, 0.2) is 0 Å². The summed E-state index contributed by atoms with van der Waals surface area (Å²) in [6.07, 6.45) is 0. The molecule has 0 aliphatic carbocycles. The van der Waals surface area contributed by atoms with Crippen molar-refractivity contribution in [2.24, 2.45) is 0 Å². The molecule has 4 heteroatoms. The fourth-order valence-electron chi connectivity index (χ4n) is 0. The number of hydrogen-bond donors (Lipinski definition) is 0. The third kappa shape index (κ3) is 9.03. The van der Waals surface area contributed by atoms with Crippen molar-refractivity contribution in [3.63, 3.8) is 0 Å². The van der Waals surface area contributed by atoms with Gasteiger partial charge < -0.3 is 0 Å². The maximum atomic E-state index is 3.23. The first kappa shape index (κ1) is 5.96. The summed E-state index contributed by atoms with van der Waals surface area (Å²) in [7, 11) is -0.604. The van der Waals surface area contributed by atoms with Gasteiger partial charge in [0.15, 0.2) is 0 Å². The quantitative estimate of drug-likeness (QED) is 0.601. The Morgan fingerprint density at radius 3 is 1.00 bits per heavy atom. The van der Waals surface area contributed by atoms with Crippen LogP contribution in [0, 0.1) is 0 Å². The van der Waals surface area contributed by atoms with Crippen LogP contribution in [-0.2, 0) is 0 Å². The van der Waals surface area contributed by atoms with Gasteiger partial charge in [-0.25, -0.2) is 0 Å². The monoisotopic (exact) mass is 317 g/mol. The topological polar surface area (TPSA) is 0 Å². The van der Waals surface area contributed by atoms with Crippen molar-refractivity contribution in [3.05, 3.63) is 0 Å². The van der Waals surface area contributed by atoms with Crippen molar-refractivity contribution >= 4 is 50.8 Å². The van der Waals surface area contributed by atoms with Crippen LogP contribution in [0.5, 0.6) is 0 Å². The second-order valence-corrected chi connectivity index (χ2v) is 24.5. The molecule has 26 valence electrons. The summed E-state index contributed by atoms with van der Waals surface area (Å²) in [5.74, 6) is 0. The molecule has 0 amide bonds. The van der Waals surface area contributed by atoms with E-state index in [2.05, 4.69) is 42.3 Å². The Balaban J connectivity index is 2.32.